The molecule has 0 aromatic carbocycles. The van der Waals surface area contributed by atoms with E-state index in [4.69, 9.17) is 5.73 Å². The molecule has 3 atom stereocenters. The molecule has 0 amide bonds. The quantitative estimate of drug-likeness (QED) is 0.831. The highest BCUT2D eigenvalue weighted by molar-refractivity contribution is 4.98. The van der Waals surface area contributed by atoms with Crippen molar-refractivity contribution < 1.29 is 0 Å². The molecular weight excluding hydrogens is 222 g/mol. The maximum Gasteiger partial charge on any atom is 0.0354 e. The lowest BCUT2D eigenvalue weighted by Crippen LogP contribution is -2.59. The average molecular weight is 253 g/mol. The second-order valence-electron chi connectivity index (χ2n) is 6.61. The third-order valence-electron chi connectivity index (χ3n) is 5.68. The highest BCUT2D eigenvalue weighted by Gasteiger charge is 2.41. The maximum absolute atomic E-state index is 6.18. The molecule has 2 fully saturated rings. The highest BCUT2D eigenvalue weighted by atomic mass is 15.2. The van der Waals surface area contributed by atoms with Crippen molar-refractivity contribution >= 4 is 0 Å². The molecule has 1 heterocycles. The largest absolute Gasteiger partial charge is 0.329 e. The topological polar surface area (TPSA) is 32.5 Å². The molecule has 3 heteroatoms. The van der Waals surface area contributed by atoms with Crippen molar-refractivity contribution in [3.63, 3.8) is 0 Å². The molecule has 2 rings (SSSR count). The van der Waals surface area contributed by atoms with Gasteiger partial charge in [-0.25, -0.2) is 0 Å². The standard InChI is InChI=1S/C15H31N3/c1-13-7-4-5-9-15(13,12-16)18(3)11-14-8-6-10-17(14)2/h13-14H,4-12,16H2,1-3H3. The van der Waals surface area contributed by atoms with Gasteiger partial charge in [-0.1, -0.05) is 19.8 Å². The molecule has 1 saturated carbocycles. The Balaban J connectivity index is 2.02. The highest BCUT2D eigenvalue weighted by Crippen LogP contribution is 2.37. The van der Waals surface area contributed by atoms with Crippen LogP contribution in [0.3, 0.4) is 0 Å². The van der Waals surface area contributed by atoms with Crippen LogP contribution in [0.2, 0.25) is 0 Å². The lowest BCUT2D eigenvalue weighted by molar-refractivity contribution is 0.0198. The Bertz CT molecular complexity index is 268. The van der Waals surface area contributed by atoms with Gasteiger partial charge in [-0.05, 0) is 52.2 Å². The van der Waals surface area contributed by atoms with Gasteiger partial charge < -0.3 is 10.6 Å². The summed E-state index contributed by atoms with van der Waals surface area (Å²) in [5.74, 6) is 0.743. The first-order valence-electron chi connectivity index (χ1n) is 7.71. The van der Waals surface area contributed by atoms with Crippen LogP contribution >= 0.6 is 0 Å². The summed E-state index contributed by atoms with van der Waals surface area (Å²) in [4.78, 5) is 5.12. The molecule has 2 aliphatic rings. The molecule has 3 unspecified atom stereocenters. The van der Waals surface area contributed by atoms with Crippen LogP contribution in [0.1, 0.15) is 45.4 Å². The van der Waals surface area contributed by atoms with Crippen molar-refractivity contribution in [1.82, 2.24) is 9.80 Å². The Morgan fingerprint density at radius 1 is 1.28 bits per heavy atom. The predicted octanol–water partition coefficient (Wildman–Crippen LogP) is 1.92. The van der Waals surface area contributed by atoms with Gasteiger partial charge in [0.05, 0.1) is 0 Å². The molecule has 0 spiro atoms. The van der Waals surface area contributed by atoms with Crippen LogP contribution in [-0.4, -0.2) is 55.1 Å². The Kier molecular flexibility index (Phi) is 4.68. The van der Waals surface area contributed by atoms with E-state index in [-0.39, 0.29) is 5.54 Å². The van der Waals surface area contributed by atoms with Crippen LogP contribution in [0.5, 0.6) is 0 Å². The molecule has 0 bridgehead atoms. The van der Waals surface area contributed by atoms with Crippen molar-refractivity contribution in [1.29, 1.82) is 0 Å². The fourth-order valence-electron chi connectivity index (χ4n) is 4.13. The summed E-state index contributed by atoms with van der Waals surface area (Å²) in [7, 11) is 4.58. The first kappa shape index (κ1) is 14.3. The normalized spacial score (nSPS) is 38.5. The summed E-state index contributed by atoms with van der Waals surface area (Å²) in [6.45, 7) is 5.68. The zero-order valence-electron chi connectivity index (χ0n) is 12.5. The molecular formula is C15H31N3. The Morgan fingerprint density at radius 3 is 2.61 bits per heavy atom. The van der Waals surface area contributed by atoms with Crippen LogP contribution < -0.4 is 5.73 Å². The first-order valence-corrected chi connectivity index (χ1v) is 7.71. The van der Waals surface area contributed by atoms with Gasteiger partial charge >= 0.3 is 0 Å². The number of hydrogen-bond acceptors (Lipinski definition) is 3. The van der Waals surface area contributed by atoms with Crippen molar-refractivity contribution in [2.45, 2.75) is 57.0 Å². The first-order chi connectivity index (χ1) is 8.60. The second kappa shape index (κ2) is 5.89. The molecule has 3 nitrogen and oxygen atoms in total. The lowest BCUT2D eigenvalue weighted by atomic mass is 9.72. The van der Waals surface area contributed by atoms with Crippen molar-refractivity contribution in [2.75, 3.05) is 33.7 Å². The summed E-state index contributed by atoms with van der Waals surface area (Å²) in [5, 5.41) is 0. The summed E-state index contributed by atoms with van der Waals surface area (Å²) >= 11 is 0. The van der Waals surface area contributed by atoms with E-state index < -0.39 is 0 Å². The minimum atomic E-state index is 0.266. The molecule has 0 radical (unpaired) electrons. The van der Waals surface area contributed by atoms with E-state index in [2.05, 4.69) is 30.8 Å². The van der Waals surface area contributed by atoms with Crippen LogP contribution in [-0.2, 0) is 0 Å². The van der Waals surface area contributed by atoms with E-state index in [9.17, 15) is 0 Å². The number of rotatable bonds is 4. The monoisotopic (exact) mass is 253 g/mol. The summed E-state index contributed by atoms with van der Waals surface area (Å²) < 4.78 is 0. The Labute approximate surface area is 113 Å². The molecule has 1 aliphatic carbocycles. The minimum absolute atomic E-state index is 0.266. The van der Waals surface area contributed by atoms with Gasteiger partial charge in [0.1, 0.15) is 0 Å². The smallest absolute Gasteiger partial charge is 0.0354 e. The number of hydrogen-bond donors (Lipinski definition) is 1. The second-order valence-corrected chi connectivity index (χ2v) is 6.61. The molecule has 106 valence electrons. The SMILES string of the molecule is CC1CCCCC1(CN)N(C)CC1CCCN1C. The fourth-order valence-corrected chi connectivity index (χ4v) is 4.13. The van der Waals surface area contributed by atoms with Gasteiger partial charge in [0.25, 0.3) is 0 Å². The molecule has 2 N–H and O–H groups in total. The number of nitrogens with two attached hydrogens (primary N) is 1. The van der Waals surface area contributed by atoms with Crippen LogP contribution in [0.15, 0.2) is 0 Å². The van der Waals surface area contributed by atoms with Crippen molar-refractivity contribution in [3.05, 3.63) is 0 Å². The van der Waals surface area contributed by atoms with Gasteiger partial charge in [0.15, 0.2) is 0 Å². The molecule has 1 saturated heterocycles. The summed E-state index contributed by atoms with van der Waals surface area (Å²) in [5.41, 5.74) is 6.45. The number of nitrogens with zero attached hydrogens (tertiary/aromatic N) is 2. The number of likely N-dealkylation sites (N-methyl/N-ethyl adjacent to an activating group) is 2. The fraction of sp³-hybridized carbons (Fsp3) is 1.00. The predicted molar refractivity (Wildman–Crippen MR) is 77.7 cm³/mol. The molecule has 18 heavy (non-hydrogen) atoms. The van der Waals surface area contributed by atoms with E-state index >= 15 is 0 Å². The van der Waals surface area contributed by atoms with E-state index in [1.807, 2.05) is 0 Å². The van der Waals surface area contributed by atoms with Gasteiger partial charge in [0, 0.05) is 24.7 Å². The average Bonchev–Trinajstić information content (AvgIpc) is 2.76. The lowest BCUT2D eigenvalue weighted by Gasteiger charge is -2.49. The van der Waals surface area contributed by atoms with E-state index in [0.29, 0.717) is 0 Å². The van der Waals surface area contributed by atoms with Gasteiger partial charge in [-0.15, -0.1) is 0 Å². The van der Waals surface area contributed by atoms with E-state index in [1.165, 1.54) is 51.6 Å². The van der Waals surface area contributed by atoms with E-state index in [0.717, 1.165) is 18.5 Å². The molecule has 1 aliphatic heterocycles. The van der Waals surface area contributed by atoms with Gasteiger partial charge in [-0.2, -0.15) is 0 Å². The Morgan fingerprint density at radius 2 is 2.06 bits per heavy atom. The summed E-state index contributed by atoms with van der Waals surface area (Å²) in [6.07, 6.45) is 8.10. The maximum atomic E-state index is 6.18. The Hall–Kier alpha value is -0.120. The van der Waals surface area contributed by atoms with Gasteiger partial charge in [0.2, 0.25) is 0 Å². The van der Waals surface area contributed by atoms with Crippen molar-refractivity contribution in [2.24, 2.45) is 11.7 Å². The third-order valence-corrected chi connectivity index (χ3v) is 5.68. The molecule has 0 aromatic heterocycles. The van der Waals surface area contributed by atoms with Crippen LogP contribution in [0, 0.1) is 5.92 Å². The van der Waals surface area contributed by atoms with Gasteiger partial charge in [-0.3, -0.25) is 4.90 Å². The van der Waals surface area contributed by atoms with E-state index in [1.54, 1.807) is 0 Å². The van der Waals surface area contributed by atoms with Crippen molar-refractivity contribution in [3.8, 4) is 0 Å². The zero-order chi connectivity index (χ0) is 13.2. The summed E-state index contributed by atoms with van der Waals surface area (Å²) in [6, 6.07) is 0.743. The molecule has 0 aromatic rings. The number of likely N-dealkylation sites (tertiary alicyclic amines) is 1. The van der Waals surface area contributed by atoms with Crippen LogP contribution in [0.25, 0.3) is 0 Å². The zero-order valence-corrected chi connectivity index (χ0v) is 12.5. The third kappa shape index (κ3) is 2.59. The van der Waals surface area contributed by atoms with Crippen LogP contribution in [0.4, 0.5) is 0 Å². The minimum Gasteiger partial charge on any atom is -0.329 e.